The molecular formula is C23H23ClN2O6. The third-order valence-corrected chi connectivity index (χ3v) is 5.92. The van der Waals surface area contributed by atoms with Gasteiger partial charge in [-0.2, -0.15) is 0 Å². The normalized spacial score (nSPS) is 18.2. The van der Waals surface area contributed by atoms with Crippen LogP contribution >= 0.6 is 11.6 Å². The molecule has 8 nitrogen and oxygen atoms in total. The van der Waals surface area contributed by atoms with Crippen molar-refractivity contribution in [3.8, 4) is 0 Å². The first-order chi connectivity index (χ1) is 15.2. The molecule has 32 heavy (non-hydrogen) atoms. The lowest BCUT2D eigenvalue weighted by Crippen LogP contribution is -2.49. The molecule has 0 aliphatic carbocycles. The lowest BCUT2D eigenvalue weighted by atomic mass is 9.97. The monoisotopic (exact) mass is 458 g/mol. The van der Waals surface area contributed by atoms with Gasteiger partial charge in [0.2, 0.25) is 0 Å². The minimum absolute atomic E-state index is 0.00777. The van der Waals surface area contributed by atoms with Gasteiger partial charge in [-0.15, -0.1) is 0 Å². The lowest BCUT2D eigenvalue weighted by Gasteiger charge is -2.38. The van der Waals surface area contributed by atoms with Crippen LogP contribution in [-0.2, 0) is 9.53 Å². The Morgan fingerprint density at radius 1 is 1.09 bits per heavy atom. The minimum Gasteiger partial charge on any atom is -0.452 e. The third kappa shape index (κ3) is 4.96. The molecule has 9 heteroatoms. The molecule has 2 atom stereocenters. The van der Waals surface area contributed by atoms with E-state index in [2.05, 4.69) is 0 Å². The number of halogens is 1. The van der Waals surface area contributed by atoms with Gasteiger partial charge in [0, 0.05) is 29.3 Å². The topological polar surface area (TPSA) is 107 Å². The minimum atomic E-state index is -0.817. The number of hydrogen-bond donors (Lipinski definition) is 0. The fraction of sp³-hybridized carbons (Fsp3) is 0.348. The summed E-state index contributed by atoms with van der Waals surface area (Å²) in [5.41, 5.74) is -0.412. The summed E-state index contributed by atoms with van der Waals surface area (Å²) in [7, 11) is 0. The number of ether oxygens (including phenoxy) is 1. The largest absolute Gasteiger partial charge is 0.452 e. The van der Waals surface area contributed by atoms with Crippen LogP contribution in [-0.4, -0.2) is 46.2 Å². The van der Waals surface area contributed by atoms with Crippen molar-refractivity contribution in [2.24, 2.45) is 0 Å². The summed E-state index contributed by atoms with van der Waals surface area (Å²) in [5.74, 6) is -1.69. The number of nitrogens with zero attached hydrogens (tertiary/aromatic N) is 2. The smallest absolute Gasteiger partial charge is 0.339 e. The van der Waals surface area contributed by atoms with E-state index >= 15 is 0 Å². The van der Waals surface area contributed by atoms with E-state index in [0.717, 1.165) is 25.3 Å². The first kappa shape index (κ1) is 23.4. The number of nitro groups is 1. The number of benzene rings is 2. The number of hydrogen-bond acceptors (Lipinski definition) is 6. The Labute approximate surface area is 190 Å². The van der Waals surface area contributed by atoms with Crippen molar-refractivity contribution in [1.82, 2.24) is 4.90 Å². The number of carbonyl (C=O) groups excluding carboxylic acids is 3. The molecule has 1 aliphatic heterocycles. The molecule has 1 amide bonds. The van der Waals surface area contributed by atoms with Crippen LogP contribution < -0.4 is 0 Å². The highest BCUT2D eigenvalue weighted by molar-refractivity contribution is 6.33. The van der Waals surface area contributed by atoms with E-state index in [0.29, 0.717) is 0 Å². The molecule has 2 aromatic carbocycles. The van der Waals surface area contributed by atoms with Gasteiger partial charge >= 0.3 is 5.97 Å². The van der Waals surface area contributed by atoms with Crippen molar-refractivity contribution in [2.75, 3.05) is 6.61 Å². The standard InChI is InChI=1S/C23H23ClN2O6/c1-14-6-5-7-15(2)25(14)21(27)13-32-23(29)18-9-4-3-8-17(18)22(28)16-10-11-19(24)20(12-16)26(30)31/h3-4,8-12,14-15H,5-7,13H2,1-2H3/t14-,15-/m1/s1. The molecule has 1 aliphatic rings. The maximum Gasteiger partial charge on any atom is 0.339 e. The van der Waals surface area contributed by atoms with Gasteiger partial charge in [0.1, 0.15) is 5.02 Å². The van der Waals surface area contributed by atoms with Gasteiger partial charge in [0.25, 0.3) is 11.6 Å². The molecule has 1 fully saturated rings. The highest BCUT2D eigenvalue weighted by Crippen LogP contribution is 2.27. The van der Waals surface area contributed by atoms with E-state index in [1.165, 1.54) is 24.3 Å². The molecule has 0 saturated carbocycles. The highest BCUT2D eigenvalue weighted by atomic mass is 35.5. The van der Waals surface area contributed by atoms with Crippen LogP contribution in [0.4, 0.5) is 5.69 Å². The van der Waals surface area contributed by atoms with Crippen LogP contribution in [0.3, 0.4) is 0 Å². The van der Waals surface area contributed by atoms with Crippen molar-refractivity contribution in [1.29, 1.82) is 0 Å². The van der Waals surface area contributed by atoms with E-state index in [1.54, 1.807) is 17.0 Å². The second-order valence-corrected chi connectivity index (χ2v) is 8.21. The number of amides is 1. The number of rotatable bonds is 6. The molecule has 0 unspecified atom stereocenters. The van der Waals surface area contributed by atoms with Gasteiger partial charge < -0.3 is 9.64 Å². The molecule has 2 aromatic rings. The quantitative estimate of drug-likeness (QED) is 0.274. The zero-order chi connectivity index (χ0) is 23.4. The van der Waals surface area contributed by atoms with Crippen LogP contribution in [0.1, 0.15) is 59.4 Å². The Bertz CT molecular complexity index is 1060. The molecular weight excluding hydrogens is 436 g/mol. The fourth-order valence-electron chi connectivity index (χ4n) is 4.00. The third-order valence-electron chi connectivity index (χ3n) is 5.60. The van der Waals surface area contributed by atoms with Crippen molar-refractivity contribution < 1.29 is 24.0 Å². The van der Waals surface area contributed by atoms with Crippen molar-refractivity contribution in [2.45, 2.75) is 45.2 Å². The van der Waals surface area contributed by atoms with Crippen LogP contribution in [0.2, 0.25) is 5.02 Å². The van der Waals surface area contributed by atoms with Gasteiger partial charge in [-0.3, -0.25) is 19.7 Å². The first-order valence-electron chi connectivity index (χ1n) is 10.3. The van der Waals surface area contributed by atoms with Gasteiger partial charge in [-0.05, 0) is 51.3 Å². The second kappa shape index (κ2) is 9.91. The zero-order valence-corrected chi connectivity index (χ0v) is 18.5. The Hall–Kier alpha value is -3.26. The predicted molar refractivity (Wildman–Crippen MR) is 118 cm³/mol. The van der Waals surface area contributed by atoms with E-state index in [9.17, 15) is 24.5 Å². The van der Waals surface area contributed by atoms with Gasteiger partial charge in [0.15, 0.2) is 12.4 Å². The number of likely N-dealkylation sites (tertiary alicyclic amines) is 1. The molecule has 168 valence electrons. The SMILES string of the molecule is C[C@@H]1CCC[C@@H](C)N1C(=O)COC(=O)c1ccccc1C(=O)c1ccc(Cl)c([N+](=O)[O-])c1. The van der Waals surface area contributed by atoms with Crippen molar-refractivity contribution in [3.63, 3.8) is 0 Å². The molecule has 3 rings (SSSR count). The second-order valence-electron chi connectivity index (χ2n) is 7.80. The number of ketones is 1. The molecule has 0 bridgehead atoms. The average Bonchev–Trinajstić information content (AvgIpc) is 2.77. The summed E-state index contributed by atoms with van der Waals surface area (Å²) < 4.78 is 5.24. The summed E-state index contributed by atoms with van der Waals surface area (Å²) in [6.45, 7) is 3.51. The Balaban J connectivity index is 1.78. The molecule has 0 radical (unpaired) electrons. The van der Waals surface area contributed by atoms with Crippen LogP contribution in [0.25, 0.3) is 0 Å². The highest BCUT2D eigenvalue weighted by Gasteiger charge is 2.30. The summed E-state index contributed by atoms with van der Waals surface area (Å²) >= 11 is 5.82. The van der Waals surface area contributed by atoms with E-state index < -0.39 is 29.0 Å². The first-order valence-corrected chi connectivity index (χ1v) is 10.6. The molecule has 1 heterocycles. The molecule has 0 spiro atoms. The maximum atomic E-state index is 13.0. The van der Waals surface area contributed by atoms with Crippen molar-refractivity contribution in [3.05, 3.63) is 74.3 Å². The van der Waals surface area contributed by atoms with E-state index in [4.69, 9.17) is 16.3 Å². The average molecular weight is 459 g/mol. The van der Waals surface area contributed by atoms with Crippen molar-refractivity contribution >= 4 is 34.9 Å². The molecule has 0 aromatic heterocycles. The van der Waals surface area contributed by atoms with Gasteiger partial charge in [0.05, 0.1) is 10.5 Å². The number of piperidine rings is 1. The van der Waals surface area contributed by atoms with E-state index in [1.807, 2.05) is 13.8 Å². The van der Waals surface area contributed by atoms with Gasteiger partial charge in [-0.25, -0.2) is 4.79 Å². The summed E-state index contributed by atoms with van der Waals surface area (Å²) in [5, 5.41) is 11.0. The van der Waals surface area contributed by atoms with Crippen LogP contribution in [0.5, 0.6) is 0 Å². The predicted octanol–water partition coefficient (Wildman–Crippen LogP) is 4.43. The Kier molecular flexibility index (Phi) is 7.25. The maximum absolute atomic E-state index is 13.0. The van der Waals surface area contributed by atoms with Gasteiger partial charge in [-0.1, -0.05) is 29.8 Å². The van der Waals surface area contributed by atoms with Crippen LogP contribution in [0.15, 0.2) is 42.5 Å². The number of carbonyl (C=O) groups is 3. The summed E-state index contributed by atoms with van der Waals surface area (Å²) in [6, 6.07) is 9.78. The fourth-order valence-corrected chi connectivity index (χ4v) is 4.19. The number of esters is 1. The number of nitro benzene ring substituents is 1. The lowest BCUT2D eigenvalue weighted by molar-refractivity contribution is -0.384. The summed E-state index contributed by atoms with van der Waals surface area (Å²) in [4.78, 5) is 50.5. The molecule has 0 N–H and O–H groups in total. The summed E-state index contributed by atoms with van der Waals surface area (Å²) in [6.07, 6.45) is 2.84. The Morgan fingerprint density at radius 2 is 1.72 bits per heavy atom. The van der Waals surface area contributed by atoms with E-state index in [-0.39, 0.29) is 39.7 Å². The van der Waals surface area contributed by atoms with Crippen LogP contribution in [0, 0.1) is 10.1 Å². The molecule has 1 saturated heterocycles. The zero-order valence-electron chi connectivity index (χ0n) is 17.7. The Morgan fingerprint density at radius 3 is 2.34 bits per heavy atom.